The first kappa shape index (κ1) is 25.7. The zero-order valence-corrected chi connectivity index (χ0v) is 19.1. The lowest BCUT2D eigenvalue weighted by atomic mass is 9.86. The number of hydrogen-bond acceptors (Lipinski definition) is 5. The van der Waals surface area contributed by atoms with Crippen molar-refractivity contribution in [2.24, 2.45) is 0 Å². The fourth-order valence-electron chi connectivity index (χ4n) is 4.43. The topological polar surface area (TPSA) is 78.9 Å². The van der Waals surface area contributed by atoms with Gasteiger partial charge in [-0.25, -0.2) is 4.79 Å². The van der Waals surface area contributed by atoms with Crippen LogP contribution in [0.1, 0.15) is 36.5 Å². The van der Waals surface area contributed by atoms with Crippen molar-refractivity contribution in [3.63, 3.8) is 0 Å². The number of amides is 1. The van der Waals surface area contributed by atoms with Crippen LogP contribution >= 0.6 is 0 Å². The zero-order chi connectivity index (χ0) is 24.9. The van der Waals surface area contributed by atoms with Crippen LogP contribution in [-0.4, -0.2) is 53.2 Å². The lowest BCUT2D eigenvalue weighted by Crippen LogP contribution is -2.61. The summed E-state index contributed by atoms with van der Waals surface area (Å²) in [5.74, 6) is -1.25. The Hall–Kier alpha value is -2.91. The second kappa shape index (κ2) is 10.6. The van der Waals surface area contributed by atoms with Crippen LogP contribution in [0.5, 0.6) is 0 Å². The zero-order valence-electron chi connectivity index (χ0n) is 19.1. The second-order valence-corrected chi connectivity index (χ2v) is 8.63. The van der Waals surface area contributed by atoms with Gasteiger partial charge in [0.1, 0.15) is 5.54 Å². The molecule has 1 amide bonds. The molecule has 1 saturated heterocycles. The van der Waals surface area contributed by atoms with Crippen LogP contribution in [0.2, 0.25) is 0 Å². The number of carbonyl (C=O) groups excluding carboxylic acids is 2. The number of aliphatic hydroxyl groups is 1. The summed E-state index contributed by atoms with van der Waals surface area (Å²) in [6, 6.07) is 13.0. The number of carbonyl (C=O) groups is 2. The van der Waals surface area contributed by atoms with E-state index in [4.69, 9.17) is 4.74 Å². The van der Waals surface area contributed by atoms with E-state index in [1.54, 1.807) is 0 Å². The first-order chi connectivity index (χ1) is 16.1. The van der Waals surface area contributed by atoms with E-state index in [0.29, 0.717) is 31.5 Å². The number of alkyl halides is 3. The van der Waals surface area contributed by atoms with Gasteiger partial charge >= 0.3 is 12.1 Å². The quantitative estimate of drug-likeness (QED) is 0.570. The molecule has 9 heteroatoms. The van der Waals surface area contributed by atoms with Crippen molar-refractivity contribution in [2.75, 3.05) is 13.7 Å². The van der Waals surface area contributed by atoms with Crippen LogP contribution in [0.25, 0.3) is 0 Å². The first-order valence-electron chi connectivity index (χ1n) is 11.1. The van der Waals surface area contributed by atoms with Crippen LogP contribution in [0, 0.1) is 0 Å². The van der Waals surface area contributed by atoms with Crippen molar-refractivity contribution in [3.8, 4) is 0 Å². The van der Waals surface area contributed by atoms with E-state index in [-0.39, 0.29) is 6.42 Å². The molecule has 3 rings (SSSR count). The number of rotatable bonds is 8. The Kier molecular flexibility index (Phi) is 7.99. The van der Waals surface area contributed by atoms with Gasteiger partial charge in [0.2, 0.25) is 5.91 Å². The standard InChI is InChI=1S/C25H29F3N2O4/c1-17(31)21(22(32)34-2)29-23(33)24(15-18-9-11-20(12-10-18)25(26,27)28)13-6-14-30(24)16-19-7-4-3-5-8-19/h3-5,7-12,17,21,31H,6,13-16H2,1-2H3,(H,29,33)/t17-,21+,24?/m0/s1. The van der Waals surface area contributed by atoms with E-state index in [1.165, 1.54) is 26.2 Å². The smallest absolute Gasteiger partial charge is 0.416 e. The highest BCUT2D eigenvalue weighted by Crippen LogP contribution is 2.36. The van der Waals surface area contributed by atoms with Gasteiger partial charge in [-0.2, -0.15) is 13.2 Å². The van der Waals surface area contributed by atoms with Crippen LogP contribution in [0.15, 0.2) is 54.6 Å². The Bertz CT molecular complexity index is 980. The number of nitrogens with one attached hydrogen (secondary N) is 1. The van der Waals surface area contributed by atoms with Crippen LogP contribution in [-0.2, 0) is 33.5 Å². The minimum atomic E-state index is -4.45. The van der Waals surface area contributed by atoms with Crippen molar-refractivity contribution in [2.45, 2.75) is 56.6 Å². The molecular weight excluding hydrogens is 449 g/mol. The summed E-state index contributed by atoms with van der Waals surface area (Å²) < 4.78 is 43.8. The van der Waals surface area contributed by atoms with Gasteiger partial charge in [0.05, 0.1) is 18.8 Å². The highest BCUT2D eigenvalue weighted by atomic mass is 19.4. The Morgan fingerprint density at radius 1 is 1.12 bits per heavy atom. The lowest BCUT2D eigenvalue weighted by molar-refractivity contribution is -0.150. The highest BCUT2D eigenvalue weighted by Gasteiger charge is 2.48. The van der Waals surface area contributed by atoms with Crippen molar-refractivity contribution < 1.29 is 32.6 Å². The molecule has 6 nitrogen and oxygen atoms in total. The third-order valence-corrected chi connectivity index (χ3v) is 6.26. The summed E-state index contributed by atoms with van der Waals surface area (Å²) in [6.45, 7) is 2.42. The molecule has 1 unspecified atom stereocenters. The van der Waals surface area contributed by atoms with Crippen molar-refractivity contribution in [1.82, 2.24) is 10.2 Å². The molecule has 0 aromatic heterocycles. The highest BCUT2D eigenvalue weighted by molar-refractivity contribution is 5.91. The van der Waals surface area contributed by atoms with Gasteiger partial charge in [-0.15, -0.1) is 0 Å². The lowest BCUT2D eigenvalue weighted by Gasteiger charge is -2.38. The molecule has 0 radical (unpaired) electrons. The Morgan fingerprint density at radius 2 is 1.76 bits per heavy atom. The van der Waals surface area contributed by atoms with Crippen molar-refractivity contribution in [3.05, 3.63) is 71.3 Å². The first-order valence-corrected chi connectivity index (χ1v) is 11.1. The molecule has 1 aliphatic rings. The van der Waals surface area contributed by atoms with E-state index >= 15 is 0 Å². The van der Waals surface area contributed by atoms with E-state index in [1.807, 2.05) is 35.2 Å². The Morgan fingerprint density at radius 3 is 2.32 bits per heavy atom. The molecule has 2 aromatic rings. The van der Waals surface area contributed by atoms with E-state index in [9.17, 15) is 27.9 Å². The van der Waals surface area contributed by atoms with Crippen LogP contribution < -0.4 is 5.32 Å². The van der Waals surface area contributed by atoms with Crippen molar-refractivity contribution >= 4 is 11.9 Å². The van der Waals surface area contributed by atoms with E-state index in [0.717, 1.165) is 17.7 Å². The van der Waals surface area contributed by atoms with Gasteiger partial charge in [0.25, 0.3) is 0 Å². The van der Waals surface area contributed by atoms with Gasteiger partial charge in [0, 0.05) is 6.54 Å². The maximum atomic E-state index is 13.7. The molecule has 2 N–H and O–H groups in total. The summed E-state index contributed by atoms with van der Waals surface area (Å²) in [5.41, 5.74) is -0.331. The predicted octanol–water partition coefficient (Wildman–Crippen LogP) is 3.32. The molecule has 0 aliphatic carbocycles. The summed E-state index contributed by atoms with van der Waals surface area (Å²) >= 11 is 0. The number of ether oxygens (including phenoxy) is 1. The minimum absolute atomic E-state index is 0.150. The summed E-state index contributed by atoms with van der Waals surface area (Å²) in [5, 5.41) is 12.7. The van der Waals surface area contributed by atoms with Crippen molar-refractivity contribution in [1.29, 1.82) is 0 Å². The maximum Gasteiger partial charge on any atom is 0.416 e. The number of halogens is 3. The molecular formula is C25H29F3N2O4. The largest absolute Gasteiger partial charge is 0.467 e. The third kappa shape index (κ3) is 5.77. The molecule has 2 aromatic carbocycles. The van der Waals surface area contributed by atoms with Gasteiger partial charge in [0.15, 0.2) is 6.04 Å². The number of benzene rings is 2. The number of esters is 1. The van der Waals surface area contributed by atoms with Gasteiger partial charge in [-0.05, 0) is 56.0 Å². The minimum Gasteiger partial charge on any atom is -0.467 e. The third-order valence-electron chi connectivity index (χ3n) is 6.26. The van der Waals surface area contributed by atoms with Gasteiger partial charge < -0.3 is 15.2 Å². The van der Waals surface area contributed by atoms with Gasteiger partial charge in [-0.1, -0.05) is 42.5 Å². The molecule has 184 valence electrons. The molecule has 1 aliphatic heterocycles. The van der Waals surface area contributed by atoms with Gasteiger partial charge in [-0.3, -0.25) is 9.69 Å². The molecule has 0 bridgehead atoms. The second-order valence-electron chi connectivity index (χ2n) is 8.63. The number of likely N-dealkylation sites (tertiary alicyclic amines) is 1. The maximum absolute atomic E-state index is 13.7. The average Bonchev–Trinajstić information content (AvgIpc) is 3.20. The predicted molar refractivity (Wildman–Crippen MR) is 120 cm³/mol. The van der Waals surface area contributed by atoms with Crippen LogP contribution in [0.4, 0.5) is 13.2 Å². The fraction of sp³-hybridized carbons (Fsp3) is 0.440. The summed E-state index contributed by atoms with van der Waals surface area (Å²) in [6.07, 6.45) is -4.36. The normalized spacial score (nSPS) is 20.5. The van der Waals surface area contributed by atoms with E-state index in [2.05, 4.69) is 5.32 Å². The summed E-state index contributed by atoms with van der Waals surface area (Å²) in [7, 11) is 1.17. The summed E-state index contributed by atoms with van der Waals surface area (Å²) in [4.78, 5) is 27.8. The number of methoxy groups -OCH3 is 1. The SMILES string of the molecule is COC(=O)[C@H](NC(=O)C1(Cc2ccc(C(F)(F)F)cc2)CCCN1Cc1ccccc1)[C@H](C)O. The molecule has 0 spiro atoms. The number of hydrogen-bond donors (Lipinski definition) is 2. The number of aliphatic hydroxyl groups excluding tert-OH is 1. The van der Waals surface area contributed by atoms with Crippen LogP contribution in [0.3, 0.4) is 0 Å². The Balaban J connectivity index is 1.95. The number of nitrogens with zero attached hydrogens (tertiary/aromatic N) is 1. The monoisotopic (exact) mass is 478 g/mol. The molecule has 0 saturated carbocycles. The molecule has 3 atom stereocenters. The average molecular weight is 479 g/mol. The Labute approximate surface area is 196 Å². The molecule has 1 heterocycles. The van der Waals surface area contributed by atoms with E-state index < -0.39 is 41.3 Å². The molecule has 34 heavy (non-hydrogen) atoms. The fourth-order valence-corrected chi connectivity index (χ4v) is 4.43. The molecule has 1 fully saturated rings.